The van der Waals surface area contributed by atoms with E-state index in [0.717, 1.165) is 24.0 Å². The molecule has 0 aliphatic heterocycles. The minimum Gasteiger partial charge on any atom is -0.478 e. The van der Waals surface area contributed by atoms with Crippen molar-refractivity contribution in [3.63, 3.8) is 0 Å². The van der Waals surface area contributed by atoms with Gasteiger partial charge in [0.05, 0.1) is 0 Å². The van der Waals surface area contributed by atoms with Crippen LogP contribution in [0.15, 0.2) is 24.3 Å². The number of hydrogen-bond acceptors (Lipinski definition) is 1. The second-order valence-corrected chi connectivity index (χ2v) is 5.24. The minimum atomic E-state index is -0.835. The zero-order valence-electron chi connectivity index (χ0n) is 11.1. The van der Waals surface area contributed by atoms with Crippen LogP contribution in [0.2, 0.25) is 0 Å². The number of hydrogen-bond donors (Lipinski definition) is 1. The Labute approximate surface area is 108 Å². The average Bonchev–Trinajstić information content (AvgIpc) is 2.82. The number of benzene rings is 1. The first kappa shape index (κ1) is 12.9. The highest BCUT2D eigenvalue weighted by atomic mass is 16.4. The Bertz CT molecular complexity index is 480. The predicted octanol–water partition coefficient (Wildman–Crippen LogP) is 3.96. The van der Waals surface area contributed by atoms with Gasteiger partial charge in [0, 0.05) is 6.08 Å². The molecule has 18 heavy (non-hydrogen) atoms. The second kappa shape index (κ2) is 5.38. The molecule has 0 heterocycles. The normalized spacial score (nSPS) is 17.1. The SMILES string of the molecule is Cc1ccc(C)c(/C(=C/C(=O)O)C2CCCC2)c1. The first-order valence-corrected chi connectivity index (χ1v) is 6.60. The van der Waals surface area contributed by atoms with E-state index < -0.39 is 5.97 Å². The Morgan fingerprint density at radius 2 is 1.94 bits per heavy atom. The molecule has 1 N–H and O–H groups in total. The van der Waals surface area contributed by atoms with Gasteiger partial charge in [-0.05, 0) is 49.3 Å². The summed E-state index contributed by atoms with van der Waals surface area (Å²) in [5.41, 5.74) is 4.48. The molecule has 0 atom stereocenters. The van der Waals surface area contributed by atoms with E-state index >= 15 is 0 Å². The molecular formula is C16H20O2. The number of carboxylic acids is 1. The van der Waals surface area contributed by atoms with E-state index in [1.165, 1.54) is 30.0 Å². The van der Waals surface area contributed by atoms with E-state index in [1.807, 2.05) is 0 Å². The summed E-state index contributed by atoms with van der Waals surface area (Å²) in [6.45, 7) is 4.11. The third-order valence-corrected chi connectivity index (χ3v) is 3.78. The molecule has 2 heteroatoms. The lowest BCUT2D eigenvalue weighted by molar-refractivity contribution is -0.131. The third-order valence-electron chi connectivity index (χ3n) is 3.78. The standard InChI is InChI=1S/C16H20O2/c1-11-7-8-12(2)14(9-11)15(10-16(17)18)13-5-3-4-6-13/h7-10,13H,3-6H2,1-2H3,(H,17,18)/b15-10+. The quantitative estimate of drug-likeness (QED) is 0.817. The van der Waals surface area contributed by atoms with Gasteiger partial charge >= 0.3 is 5.97 Å². The Morgan fingerprint density at radius 1 is 1.28 bits per heavy atom. The summed E-state index contributed by atoms with van der Waals surface area (Å²) in [6, 6.07) is 6.27. The van der Waals surface area contributed by atoms with Gasteiger partial charge in [-0.15, -0.1) is 0 Å². The molecule has 1 aliphatic carbocycles. The molecule has 0 aromatic heterocycles. The topological polar surface area (TPSA) is 37.3 Å². The number of carboxylic acid groups (broad SMARTS) is 1. The number of rotatable bonds is 3. The van der Waals surface area contributed by atoms with Gasteiger partial charge in [-0.3, -0.25) is 0 Å². The van der Waals surface area contributed by atoms with Crippen LogP contribution in [0, 0.1) is 19.8 Å². The van der Waals surface area contributed by atoms with Crippen LogP contribution >= 0.6 is 0 Å². The van der Waals surface area contributed by atoms with Gasteiger partial charge < -0.3 is 5.11 Å². The van der Waals surface area contributed by atoms with Crippen LogP contribution in [-0.2, 0) is 4.79 Å². The molecule has 1 aliphatic rings. The van der Waals surface area contributed by atoms with E-state index in [4.69, 9.17) is 5.11 Å². The van der Waals surface area contributed by atoms with Gasteiger partial charge in [-0.2, -0.15) is 0 Å². The zero-order valence-corrected chi connectivity index (χ0v) is 11.1. The third kappa shape index (κ3) is 2.81. The van der Waals surface area contributed by atoms with E-state index in [2.05, 4.69) is 32.0 Å². The van der Waals surface area contributed by atoms with Crippen molar-refractivity contribution in [2.45, 2.75) is 39.5 Å². The summed E-state index contributed by atoms with van der Waals surface area (Å²) in [4.78, 5) is 11.1. The molecule has 96 valence electrons. The first-order chi connectivity index (χ1) is 8.58. The molecule has 1 aromatic carbocycles. The minimum absolute atomic E-state index is 0.418. The van der Waals surface area contributed by atoms with Crippen molar-refractivity contribution in [1.82, 2.24) is 0 Å². The molecule has 0 radical (unpaired) electrons. The summed E-state index contributed by atoms with van der Waals surface area (Å²) in [5, 5.41) is 9.09. The largest absolute Gasteiger partial charge is 0.478 e. The lowest BCUT2D eigenvalue weighted by atomic mass is 9.87. The van der Waals surface area contributed by atoms with Gasteiger partial charge in [-0.25, -0.2) is 4.79 Å². The highest BCUT2D eigenvalue weighted by Crippen LogP contribution is 2.37. The molecule has 0 bridgehead atoms. The molecule has 2 rings (SSSR count). The fourth-order valence-electron chi connectivity index (χ4n) is 2.83. The van der Waals surface area contributed by atoms with Crippen molar-refractivity contribution in [3.05, 3.63) is 41.0 Å². The molecule has 0 unspecified atom stereocenters. The van der Waals surface area contributed by atoms with E-state index in [-0.39, 0.29) is 0 Å². The van der Waals surface area contributed by atoms with Crippen LogP contribution in [0.4, 0.5) is 0 Å². The maximum Gasteiger partial charge on any atom is 0.328 e. The van der Waals surface area contributed by atoms with Crippen LogP contribution in [0.25, 0.3) is 5.57 Å². The van der Waals surface area contributed by atoms with Crippen molar-refractivity contribution >= 4 is 11.5 Å². The zero-order chi connectivity index (χ0) is 13.1. The fraction of sp³-hybridized carbons (Fsp3) is 0.438. The van der Waals surface area contributed by atoms with Crippen LogP contribution < -0.4 is 0 Å². The molecule has 0 saturated heterocycles. The molecule has 1 saturated carbocycles. The summed E-state index contributed by atoms with van der Waals surface area (Å²) >= 11 is 0. The van der Waals surface area contributed by atoms with Crippen LogP contribution in [0.5, 0.6) is 0 Å². The Morgan fingerprint density at radius 3 is 2.56 bits per heavy atom. The van der Waals surface area contributed by atoms with Crippen LogP contribution in [0.3, 0.4) is 0 Å². The Hall–Kier alpha value is -1.57. The first-order valence-electron chi connectivity index (χ1n) is 6.60. The van der Waals surface area contributed by atoms with Crippen molar-refractivity contribution in [1.29, 1.82) is 0 Å². The highest BCUT2D eigenvalue weighted by molar-refractivity contribution is 5.91. The number of aliphatic carboxylic acids is 1. The summed E-state index contributed by atoms with van der Waals surface area (Å²) in [6.07, 6.45) is 6.08. The summed E-state index contributed by atoms with van der Waals surface area (Å²) in [7, 11) is 0. The predicted molar refractivity (Wildman–Crippen MR) is 73.5 cm³/mol. The van der Waals surface area contributed by atoms with E-state index in [0.29, 0.717) is 5.92 Å². The van der Waals surface area contributed by atoms with Crippen molar-refractivity contribution in [2.24, 2.45) is 5.92 Å². The maximum absolute atomic E-state index is 11.1. The molecule has 2 nitrogen and oxygen atoms in total. The fourth-order valence-corrected chi connectivity index (χ4v) is 2.83. The smallest absolute Gasteiger partial charge is 0.328 e. The Balaban J connectivity index is 2.45. The second-order valence-electron chi connectivity index (χ2n) is 5.24. The van der Waals surface area contributed by atoms with Gasteiger partial charge in [0.15, 0.2) is 0 Å². The molecular weight excluding hydrogens is 224 g/mol. The summed E-state index contributed by atoms with van der Waals surface area (Å²) in [5.74, 6) is -0.417. The van der Waals surface area contributed by atoms with Gasteiger partial charge in [-0.1, -0.05) is 36.6 Å². The lowest BCUT2D eigenvalue weighted by Crippen LogP contribution is -2.04. The van der Waals surface area contributed by atoms with Gasteiger partial charge in [0.1, 0.15) is 0 Å². The summed E-state index contributed by atoms with van der Waals surface area (Å²) < 4.78 is 0. The highest BCUT2D eigenvalue weighted by Gasteiger charge is 2.22. The molecule has 1 fully saturated rings. The van der Waals surface area contributed by atoms with Crippen molar-refractivity contribution in [2.75, 3.05) is 0 Å². The average molecular weight is 244 g/mol. The van der Waals surface area contributed by atoms with Crippen LogP contribution in [-0.4, -0.2) is 11.1 Å². The van der Waals surface area contributed by atoms with Crippen molar-refractivity contribution in [3.8, 4) is 0 Å². The van der Waals surface area contributed by atoms with E-state index in [1.54, 1.807) is 0 Å². The van der Waals surface area contributed by atoms with Gasteiger partial charge in [0.2, 0.25) is 0 Å². The number of aryl methyl sites for hydroxylation is 2. The van der Waals surface area contributed by atoms with E-state index in [9.17, 15) is 4.79 Å². The monoisotopic (exact) mass is 244 g/mol. The lowest BCUT2D eigenvalue weighted by Gasteiger charge is -2.17. The Kier molecular flexibility index (Phi) is 3.85. The molecule has 0 amide bonds. The molecule has 1 aromatic rings. The number of allylic oxidation sites excluding steroid dienone is 1. The molecule has 0 spiro atoms. The maximum atomic E-state index is 11.1. The van der Waals surface area contributed by atoms with Crippen LogP contribution in [0.1, 0.15) is 42.4 Å². The van der Waals surface area contributed by atoms with Gasteiger partial charge in [0.25, 0.3) is 0 Å². The number of carbonyl (C=O) groups is 1. The van der Waals surface area contributed by atoms with Crippen molar-refractivity contribution < 1.29 is 9.90 Å².